The van der Waals surface area contributed by atoms with Crippen molar-refractivity contribution in [1.29, 1.82) is 0 Å². The zero-order chi connectivity index (χ0) is 34.6. The molecule has 0 spiro atoms. The number of hydrogen-bond acceptors (Lipinski definition) is 3. The highest BCUT2D eigenvalue weighted by atomic mass is 28.3. The molecule has 4 nitrogen and oxygen atoms in total. The first-order valence-electron chi connectivity index (χ1n) is 18.1. The van der Waals surface area contributed by atoms with Gasteiger partial charge in [-0.25, -0.2) is 0 Å². The predicted octanol–water partition coefficient (Wildman–Crippen LogP) is 7.73. The van der Waals surface area contributed by atoms with Crippen molar-refractivity contribution in [3.8, 4) is 5.69 Å². The highest BCUT2D eigenvalue weighted by molar-refractivity contribution is 7.12. The topological polar surface area (TPSA) is 46.2 Å². The third-order valence-corrected chi connectivity index (χ3v) is 15.9. The van der Waals surface area contributed by atoms with Gasteiger partial charge in [0.15, 0.2) is 8.07 Å². The van der Waals surface area contributed by atoms with Crippen LogP contribution in [0.15, 0.2) is 176 Å². The van der Waals surface area contributed by atoms with Gasteiger partial charge in [0.25, 0.3) is 0 Å². The molecular weight excluding hydrogens is 637 g/mol. The van der Waals surface area contributed by atoms with Gasteiger partial charge in [0.1, 0.15) is 0 Å². The Morgan fingerprint density at radius 1 is 0.824 bits per heavy atom. The molecule has 252 valence electrons. The number of benzene rings is 4. The maximum atomic E-state index is 5.95. The summed E-state index contributed by atoms with van der Waals surface area (Å²) in [6, 6.07) is 43.0. The SMILES string of the molecule is C/C=C(\C=C/N)N(C1=CCNC=C1)c1ccc([Si](c2ccccc2)(c2ccccc2)C2C=Cc3c(c4c(n3-c3ccccc3)CCC=C4)C2)cc1. The quantitative estimate of drug-likeness (QED) is 0.0952. The van der Waals surface area contributed by atoms with E-state index in [1.54, 1.807) is 6.20 Å². The number of nitrogens with two attached hydrogens (primary N) is 1. The van der Waals surface area contributed by atoms with Crippen molar-refractivity contribution in [3.05, 3.63) is 198 Å². The lowest BCUT2D eigenvalue weighted by atomic mass is 9.95. The largest absolute Gasteiger partial charge is 0.405 e. The van der Waals surface area contributed by atoms with E-state index in [4.69, 9.17) is 5.73 Å². The first-order valence-corrected chi connectivity index (χ1v) is 20.1. The summed E-state index contributed by atoms with van der Waals surface area (Å²) in [6.45, 7) is 2.84. The van der Waals surface area contributed by atoms with Gasteiger partial charge in [-0.3, -0.25) is 0 Å². The first kappa shape index (κ1) is 32.4. The summed E-state index contributed by atoms with van der Waals surface area (Å²) < 4.78 is 2.52. The van der Waals surface area contributed by atoms with Crippen molar-refractivity contribution in [2.24, 2.45) is 5.73 Å². The number of nitrogens with zero attached hydrogens (tertiary/aromatic N) is 2. The summed E-state index contributed by atoms with van der Waals surface area (Å²) in [5, 5.41) is 7.55. The average molecular weight is 681 g/mol. The fourth-order valence-corrected chi connectivity index (χ4v) is 13.8. The van der Waals surface area contributed by atoms with E-state index in [0.717, 1.165) is 42.9 Å². The fourth-order valence-electron chi connectivity index (χ4n) is 8.50. The molecule has 1 atom stereocenters. The van der Waals surface area contributed by atoms with Crippen LogP contribution < -0.4 is 31.5 Å². The van der Waals surface area contributed by atoms with E-state index >= 15 is 0 Å². The number of nitrogens with one attached hydrogen (secondary N) is 1. The number of para-hydroxylation sites is 1. The lowest BCUT2D eigenvalue weighted by Crippen LogP contribution is -2.70. The summed E-state index contributed by atoms with van der Waals surface area (Å²) in [5.41, 5.74) is 16.4. The Morgan fingerprint density at radius 3 is 2.12 bits per heavy atom. The standard InChI is InChI=1S/C46H44N4Si/c1-2-35(28-31-47)49(38-29-32-48-33-30-38)37-22-24-41(25-23-37)51(39-16-8-4-9-17-39,40-18-10-5-11-19-40)42-26-27-46-44(34-42)43-20-12-13-21-45(43)50(46)36-14-6-3-7-15-36/h2-12,14-20,22-32,42,48H,13,21,33-34,47H2,1H3/b31-28-,35-2+. The molecule has 2 aliphatic carbocycles. The molecule has 5 heteroatoms. The minimum Gasteiger partial charge on any atom is -0.405 e. The molecule has 0 amide bonds. The van der Waals surface area contributed by atoms with E-state index in [1.165, 1.54) is 43.8 Å². The highest BCUT2D eigenvalue weighted by Crippen LogP contribution is 2.41. The summed E-state index contributed by atoms with van der Waals surface area (Å²) in [4.78, 5) is 2.29. The van der Waals surface area contributed by atoms with Gasteiger partial charge in [0, 0.05) is 40.7 Å². The van der Waals surface area contributed by atoms with E-state index in [2.05, 4.69) is 180 Å². The minimum atomic E-state index is -2.68. The second-order valence-electron chi connectivity index (χ2n) is 13.4. The lowest BCUT2D eigenvalue weighted by molar-refractivity contribution is 0.867. The average Bonchev–Trinajstić information content (AvgIpc) is 3.54. The molecule has 3 aliphatic rings. The van der Waals surface area contributed by atoms with Crippen LogP contribution in [0.3, 0.4) is 0 Å². The smallest absolute Gasteiger partial charge is 0.155 e. The molecule has 51 heavy (non-hydrogen) atoms. The monoisotopic (exact) mass is 680 g/mol. The van der Waals surface area contributed by atoms with E-state index in [1.807, 2.05) is 12.3 Å². The van der Waals surface area contributed by atoms with Crippen LogP contribution in [0.2, 0.25) is 5.54 Å². The molecule has 5 aromatic rings. The van der Waals surface area contributed by atoms with Crippen LogP contribution in [0.1, 0.15) is 35.9 Å². The van der Waals surface area contributed by atoms with E-state index in [-0.39, 0.29) is 0 Å². The minimum absolute atomic E-state index is 0.295. The summed E-state index contributed by atoms with van der Waals surface area (Å²) in [7, 11) is -2.68. The van der Waals surface area contributed by atoms with Gasteiger partial charge >= 0.3 is 0 Å². The Hall–Kier alpha value is -5.78. The highest BCUT2D eigenvalue weighted by Gasteiger charge is 2.47. The van der Waals surface area contributed by atoms with Gasteiger partial charge in [0.2, 0.25) is 0 Å². The van der Waals surface area contributed by atoms with Crippen LogP contribution >= 0.6 is 0 Å². The number of dihydropyridines is 1. The second-order valence-corrected chi connectivity index (χ2v) is 17.5. The maximum Gasteiger partial charge on any atom is 0.155 e. The number of allylic oxidation sites excluding steroid dienone is 5. The Morgan fingerprint density at radius 2 is 1.49 bits per heavy atom. The molecule has 8 rings (SSSR count). The lowest BCUT2D eigenvalue weighted by Gasteiger charge is -2.41. The van der Waals surface area contributed by atoms with Gasteiger partial charge in [-0.2, -0.15) is 0 Å². The zero-order valence-corrected chi connectivity index (χ0v) is 30.1. The number of aromatic nitrogens is 1. The number of hydrogen-bond donors (Lipinski definition) is 2. The molecule has 1 aliphatic heterocycles. The van der Waals surface area contributed by atoms with Crippen molar-refractivity contribution in [1.82, 2.24) is 9.88 Å². The van der Waals surface area contributed by atoms with Gasteiger partial charge < -0.3 is 20.5 Å². The van der Waals surface area contributed by atoms with E-state index in [0.29, 0.717) is 5.54 Å². The van der Waals surface area contributed by atoms with Crippen molar-refractivity contribution in [2.45, 2.75) is 31.7 Å². The molecule has 0 saturated heterocycles. The van der Waals surface area contributed by atoms with Crippen molar-refractivity contribution < 1.29 is 0 Å². The maximum absolute atomic E-state index is 5.95. The molecule has 1 aromatic heterocycles. The molecular formula is C46H44N4Si. The Labute approximate surface area is 303 Å². The van der Waals surface area contributed by atoms with Gasteiger partial charge in [-0.1, -0.05) is 115 Å². The number of fused-ring (bicyclic) bond motifs is 3. The molecule has 0 fully saturated rings. The molecule has 4 aromatic carbocycles. The van der Waals surface area contributed by atoms with Crippen LogP contribution in [-0.2, 0) is 12.8 Å². The molecule has 0 saturated carbocycles. The molecule has 2 heterocycles. The third-order valence-electron chi connectivity index (χ3n) is 10.7. The van der Waals surface area contributed by atoms with Crippen LogP contribution in [0.5, 0.6) is 0 Å². The molecule has 1 unspecified atom stereocenters. The molecule has 0 radical (unpaired) electrons. The summed E-state index contributed by atoms with van der Waals surface area (Å²) in [5.74, 6) is 0. The zero-order valence-electron chi connectivity index (χ0n) is 29.1. The summed E-state index contributed by atoms with van der Waals surface area (Å²) in [6.07, 6.45) is 24.9. The van der Waals surface area contributed by atoms with Crippen LogP contribution in [0.25, 0.3) is 17.8 Å². The Balaban J connectivity index is 1.31. The normalized spacial score (nSPS) is 16.8. The fraction of sp³-hybridized carbons (Fsp3) is 0.130. The van der Waals surface area contributed by atoms with Crippen LogP contribution in [0, 0.1) is 0 Å². The van der Waals surface area contributed by atoms with E-state index in [9.17, 15) is 0 Å². The van der Waals surface area contributed by atoms with Gasteiger partial charge in [0.05, 0.1) is 0 Å². The summed E-state index contributed by atoms with van der Waals surface area (Å²) >= 11 is 0. The van der Waals surface area contributed by atoms with Crippen molar-refractivity contribution in [2.75, 3.05) is 11.4 Å². The van der Waals surface area contributed by atoms with Crippen molar-refractivity contribution >= 4 is 41.5 Å². The Kier molecular flexibility index (Phi) is 9.04. The third kappa shape index (κ3) is 5.74. The second kappa shape index (κ2) is 14.2. The predicted molar refractivity (Wildman–Crippen MR) is 218 cm³/mol. The molecule has 0 bridgehead atoms. The number of anilines is 1. The van der Waals surface area contributed by atoms with Gasteiger partial charge in [-0.05, 0) is 119 Å². The Bertz CT molecular complexity index is 2140. The van der Waals surface area contributed by atoms with Crippen LogP contribution in [0.4, 0.5) is 5.69 Å². The molecule has 3 N–H and O–H groups in total. The van der Waals surface area contributed by atoms with Crippen LogP contribution in [-0.4, -0.2) is 19.2 Å². The number of rotatable bonds is 9. The van der Waals surface area contributed by atoms with Gasteiger partial charge in [-0.15, -0.1) is 0 Å². The van der Waals surface area contributed by atoms with Crippen molar-refractivity contribution in [3.63, 3.8) is 0 Å². The van der Waals surface area contributed by atoms with E-state index < -0.39 is 8.07 Å². The first-order chi connectivity index (χ1) is 25.2.